The Morgan fingerprint density at radius 1 is 1.22 bits per heavy atom. The van der Waals surface area contributed by atoms with Crippen LogP contribution in [-0.4, -0.2) is 46.3 Å². The van der Waals surface area contributed by atoms with Crippen molar-refractivity contribution in [3.63, 3.8) is 0 Å². The van der Waals surface area contributed by atoms with Crippen LogP contribution in [0.2, 0.25) is 0 Å². The summed E-state index contributed by atoms with van der Waals surface area (Å²) in [6, 6.07) is 5.55. The zero-order valence-electron chi connectivity index (χ0n) is 11.9. The number of carbonyl (C=O) groups is 3. The molecule has 7 nitrogen and oxygen atoms in total. The minimum absolute atomic E-state index is 0.0740. The fourth-order valence-corrected chi connectivity index (χ4v) is 3.69. The number of fused-ring (bicyclic) bond motifs is 5. The van der Waals surface area contributed by atoms with Gasteiger partial charge in [-0.05, 0) is 24.3 Å². The van der Waals surface area contributed by atoms with Crippen LogP contribution in [-0.2, 0) is 14.3 Å². The van der Waals surface area contributed by atoms with Gasteiger partial charge in [-0.3, -0.25) is 9.59 Å². The summed E-state index contributed by atoms with van der Waals surface area (Å²) < 4.78 is 5.64. The fraction of sp³-hybridized carbons (Fsp3) is 0.312. The van der Waals surface area contributed by atoms with Gasteiger partial charge in [-0.25, -0.2) is 9.69 Å². The Bertz CT molecular complexity index is 754. The summed E-state index contributed by atoms with van der Waals surface area (Å²) in [6.45, 7) is -0.369. The lowest BCUT2D eigenvalue weighted by Crippen LogP contribution is -2.43. The van der Waals surface area contributed by atoms with E-state index in [-0.39, 0.29) is 18.1 Å². The molecule has 2 bridgehead atoms. The van der Waals surface area contributed by atoms with Crippen LogP contribution >= 0.6 is 0 Å². The predicted octanol–water partition coefficient (Wildman–Crippen LogP) is 0.190. The number of carbonyl (C=O) groups excluding carboxylic acids is 2. The van der Waals surface area contributed by atoms with E-state index >= 15 is 0 Å². The summed E-state index contributed by atoms with van der Waals surface area (Å²) in [4.78, 5) is 37.4. The van der Waals surface area contributed by atoms with Crippen molar-refractivity contribution in [1.29, 1.82) is 0 Å². The number of imide groups is 1. The number of anilines is 1. The highest BCUT2D eigenvalue weighted by Crippen LogP contribution is 2.52. The number of aliphatic hydroxyl groups is 1. The van der Waals surface area contributed by atoms with Crippen molar-refractivity contribution in [1.82, 2.24) is 0 Å². The third kappa shape index (κ3) is 1.68. The molecule has 0 saturated carbocycles. The molecule has 0 unspecified atom stereocenters. The van der Waals surface area contributed by atoms with Gasteiger partial charge >= 0.3 is 5.97 Å². The van der Waals surface area contributed by atoms with Crippen LogP contribution in [0.25, 0.3) is 0 Å². The fourth-order valence-electron chi connectivity index (χ4n) is 3.69. The minimum atomic E-state index is -1.13. The van der Waals surface area contributed by atoms with Gasteiger partial charge in [0.15, 0.2) is 0 Å². The van der Waals surface area contributed by atoms with E-state index in [0.29, 0.717) is 5.69 Å². The number of carboxylic acid groups (broad SMARTS) is 1. The minimum Gasteiger partial charge on any atom is -0.478 e. The second-order valence-electron chi connectivity index (χ2n) is 5.92. The van der Waals surface area contributed by atoms with Crippen LogP contribution in [0.3, 0.4) is 0 Å². The van der Waals surface area contributed by atoms with Crippen molar-refractivity contribution < 1.29 is 29.3 Å². The average Bonchev–Trinajstić information content (AvgIpc) is 3.19. The highest BCUT2D eigenvalue weighted by atomic mass is 16.5. The smallest absolute Gasteiger partial charge is 0.335 e. The Morgan fingerprint density at radius 3 is 2.52 bits per heavy atom. The molecule has 3 aliphatic rings. The van der Waals surface area contributed by atoms with Gasteiger partial charge in [0.05, 0.1) is 35.8 Å². The Kier molecular flexibility index (Phi) is 2.76. The first-order chi connectivity index (χ1) is 11.0. The number of aromatic carboxylic acids is 1. The van der Waals surface area contributed by atoms with Gasteiger partial charge in [-0.1, -0.05) is 12.2 Å². The maximum Gasteiger partial charge on any atom is 0.335 e. The van der Waals surface area contributed by atoms with Gasteiger partial charge in [-0.15, -0.1) is 0 Å². The molecule has 0 aromatic heterocycles. The zero-order valence-corrected chi connectivity index (χ0v) is 11.9. The summed E-state index contributed by atoms with van der Waals surface area (Å²) in [7, 11) is 0. The normalized spacial score (nSPS) is 34.3. The molecule has 23 heavy (non-hydrogen) atoms. The summed E-state index contributed by atoms with van der Waals surface area (Å²) in [5, 5.41) is 18.5. The second kappa shape index (κ2) is 4.50. The van der Waals surface area contributed by atoms with Crippen LogP contribution in [0.1, 0.15) is 10.4 Å². The number of aliphatic hydroxyl groups excluding tert-OH is 1. The van der Waals surface area contributed by atoms with Crippen molar-refractivity contribution in [3.05, 3.63) is 42.0 Å². The molecule has 2 fully saturated rings. The van der Waals surface area contributed by atoms with E-state index in [4.69, 9.17) is 9.84 Å². The Labute approximate surface area is 130 Å². The molecule has 2 N–H and O–H groups in total. The number of amides is 2. The molecule has 0 spiro atoms. The zero-order chi connectivity index (χ0) is 16.4. The summed E-state index contributed by atoms with van der Waals surface area (Å²) in [5.41, 5.74) is -0.727. The molecule has 3 aliphatic heterocycles. The number of hydrogen-bond donors (Lipinski definition) is 2. The molecule has 118 valence electrons. The van der Waals surface area contributed by atoms with E-state index in [2.05, 4.69) is 0 Å². The number of ether oxygens (including phenoxy) is 1. The van der Waals surface area contributed by atoms with Crippen molar-refractivity contribution in [3.8, 4) is 0 Å². The topological polar surface area (TPSA) is 104 Å². The number of rotatable bonds is 3. The lowest BCUT2D eigenvalue weighted by atomic mass is 9.77. The monoisotopic (exact) mass is 315 g/mol. The Hall–Kier alpha value is -2.51. The molecule has 2 amide bonds. The molecule has 7 heteroatoms. The SMILES string of the molecule is O=C(O)c1ccc(N2C(=O)[C@@H]3[C@@H](C2=O)[C@]2(CO)C=C[C@H]3O2)cc1. The maximum absolute atomic E-state index is 12.7. The number of hydrogen-bond acceptors (Lipinski definition) is 5. The first kappa shape index (κ1) is 14.1. The van der Waals surface area contributed by atoms with Crippen LogP contribution < -0.4 is 4.90 Å². The van der Waals surface area contributed by atoms with Crippen LogP contribution in [0.15, 0.2) is 36.4 Å². The molecule has 3 heterocycles. The van der Waals surface area contributed by atoms with Crippen LogP contribution in [0, 0.1) is 11.8 Å². The van der Waals surface area contributed by atoms with E-state index in [1.807, 2.05) is 0 Å². The lowest BCUT2D eigenvalue weighted by molar-refractivity contribution is -0.128. The standard InChI is InChI=1S/C16H13NO6/c18-7-16-6-5-10(23-16)11-12(16)14(20)17(13(11)19)9-3-1-8(2-4-9)15(21)22/h1-6,10-12,18H,7H2,(H,21,22)/t10-,11+,12+,16-/m1/s1. The van der Waals surface area contributed by atoms with Crippen molar-refractivity contribution >= 4 is 23.5 Å². The van der Waals surface area contributed by atoms with Gasteiger partial charge in [0.25, 0.3) is 0 Å². The third-order valence-electron chi connectivity index (χ3n) is 4.77. The van der Waals surface area contributed by atoms with Gasteiger partial charge in [-0.2, -0.15) is 0 Å². The van der Waals surface area contributed by atoms with E-state index in [1.165, 1.54) is 24.3 Å². The first-order valence-electron chi connectivity index (χ1n) is 7.18. The van der Waals surface area contributed by atoms with Gasteiger partial charge in [0.2, 0.25) is 11.8 Å². The van der Waals surface area contributed by atoms with Crippen molar-refractivity contribution in [2.24, 2.45) is 11.8 Å². The Morgan fingerprint density at radius 2 is 1.91 bits per heavy atom. The highest BCUT2D eigenvalue weighted by Gasteiger charge is 2.67. The molecular weight excluding hydrogens is 302 g/mol. The van der Waals surface area contributed by atoms with Crippen LogP contribution in [0.5, 0.6) is 0 Å². The number of benzene rings is 1. The molecular formula is C16H13NO6. The molecule has 4 rings (SSSR count). The summed E-state index contributed by atoms with van der Waals surface area (Å²) in [6.07, 6.45) is 2.85. The lowest BCUT2D eigenvalue weighted by Gasteiger charge is -2.26. The van der Waals surface area contributed by atoms with Gasteiger partial charge in [0.1, 0.15) is 5.60 Å². The van der Waals surface area contributed by atoms with E-state index in [0.717, 1.165) is 4.90 Å². The molecule has 1 aromatic rings. The van der Waals surface area contributed by atoms with E-state index in [9.17, 15) is 19.5 Å². The van der Waals surface area contributed by atoms with E-state index in [1.54, 1.807) is 12.2 Å². The molecule has 0 aliphatic carbocycles. The number of carboxylic acids is 1. The third-order valence-corrected chi connectivity index (χ3v) is 4.77. The molecule has 1 aromatic carbocycles. The maximum atomic E-state index is 12.7. The van der Waals surface area contributed by atoms with E-state index < -0.39 is 35.4 Å². The van der Waals surface area contributed by atoms with Crippen LogP contribution in [0.4, 0.5) is 5.69 Å². The molecule has 0 radical (unpaired) electrons. The predicted molar refractivity (Wildman–Crippen MR) is 76.7 cm³/mol. The Balaban J connectivity index is 1.72. The quantitative estimate of drug-likeness (QED) is 0.609. The van der Waals surface area contributed by atoms with Gasteiger partial charge < -0.3 is 14.9 Å². The largest absolute Gasteiger partial charge is 0.478 e. The highest BCUT2D eigenvalue weighted by molar-refractivity contribution is 6.23. The first-order valence-corrected chi connectivity index (χ1v) is 7.18. The summed E-state index contributed by atoms with van der Waals surface area (Å²) >= 11 is 0. The molecule has 4 atom stereocenters. The average molecular weight is 315 g/mol. The second-order valence-corrected chi connectivity index (χ2v) is 5.92. The van der Waals surface area contributed by atoms with Crippen molar-refractivity contribution in [2.75, 3.05) is 11.5 Å². The van der Waals surface area contributed by atoms with Crippen molar-refractivity contribution in [2.45, 2.75) is 11.7 Å². The van der Waals surface area contributed by atoms with Gasteiger partial charge in [0, 0.05) is 0 Å². The molecule has 2 saturated heterocycles. The summed E-state index contributed by atoms with van der Waals surface area (Å²) in [5.74, 6) is -3.27. The number of nitrogens with zero attached hydrogens (tertiary/aromatic N) is 1.